The number of halogens is 1. The van der Waals surface area contributed by atoms with Crippen LogP contribution in [0.3, 0.4) is 0 Å². The Labute approximate surface area is 315 Å². The summed E-state index contributed by atoms with van der Waals surface area (Å²) in [6.07, 6.45) is 1.84. The van der Waals surface area contributed by atoms with Crippen LogP contribution in [0.15, 0.2) is 93.9 Å². The summed E-state index contributed by atoms with van der Waals surface area (Å²) >= 11 is 1.23. The van der Waals surface area contributed by atoms with E-state index in [4.69, 9.17) is 28.7 Å². The number of rotatable bonds is 13. The first-order chi connectivity index (χ1) is 26.0. The molecule has 0 saturated heterocycles. The number of ether oxygens (including phenoxy) is 5. The Morgan fingerprint density at radius 3 is 2.39 bits per heavy atom. The lowest BCUT2D eigenvalue weighted by Gasteiger charge is -2.25. The summed E-state index contributed by atoms with van der Waals surface area (Å²) in [6.45, 7) is 9.43. The first kappa shape index (κ1) is 37.8. The second-order valence-corrected chi connectivity index (χ2v) is 13.4. The molecule has 0 N–H and O–H groups in total. The third-order valence-corrected chi connectivity index (χ3v) is 9.86. The maximum Gasteiger partial charge on any atom is 0.343 e. The van der Waals surface area contributed by atoms with Gasteiger partial charge in [-0.3, -0.25) is 9.36 Å². The van der Waals surface area contributed by atoms with Crippen LogP contribution in [-0.4, -0.2) is 48.0 Å². The zero-order valence-corrected chi connectivity index (χ0v) is 31.6. The lowest BCUT2D eigenvalue weighted by molar-refractivity contribution is -0.143. The monoisotopic (exact) mass is 753 g/mol. The quantitative estimate of drug-likeness (QED) is 0.137. The smallest absolute Gasteiger partial charge is 0.343 e. The third-order valence-electron chi connectivity index (χ3n) is 8.88. The van der Waals surface area contributed by atoms with Crippen LogP contribution in [0, 0.1) is 19.7 Å². The zero-order chi connectivity index (χ0) is 38.5. The fourth-order valence-corrected chi connectivity index (χ4v) is 7.36. The third kappa shape index (κ3) is 7.72. The van der Waals surface area contributed by atoms with Crippen molar-refractivity contribution in [2.45, 2.75) is 47.3 Å². The Balaban J connectivity index is 1.37. The highest BCUT2D eigenvalue weighted by molar-refractivity contribution is 7.07. The van der Waals surface area contributed by atoms with Gasteiger partial charge < -0.3 is 28.3 Å². The van der Waals surface area contributed by atoms with Crippen LogP contribution in [-0.2, 0) is 25.7 Å². The normalized spacial score (nSPS) is 14.0. The molecule has 0 amide bonds. The van der Waals surface area contributed by atoms with Crippen LogP contribution < -0.4 is 29.1 Å². The van der Waals surface area contributed by atoms with Crippen LogP contribution in [0.2, 0.25) is 0 Å². The van der Waals surface area contributed by atoms with Crippen molar-refractivity contribution in [3.8, 4) is 22.9 Å². The summed E-state index contributed by atoms with van der Waals surface area (Å²) in [6, 6.07) is 20.2. The van der Waals surface area contributed by atoms with Gasteiger partial charge in [-0.25, -0.2) is 19.0 Å². The molecular formula is C41H40FN3O8S. The van der Waals surface area contributed by atoms with E-state index in [1.807, 2.05) is 57.2 Å². The summed E-state index contributed by atoms with van der Waals surface area (Å²) in [5, 5.41) is 0. The van der Waals surface area contributed by atoms with Gasteiger partial charge in [0.15, 0.2) is 22.9 Å². The lowest BCUT2D eigenvalue weighted by atomic mass is 9.95. The fourth-order valence-electron chi connectivity index (χ4n) is 6.33. The largest absolute Gasteiger partial charge is 0.490 e. The van der Waals surface area contributed by atoms with Crippen molar-refractivity contribution < 1.29 is 37.7 Å². The van der Waals surface area contributed by atoms with Gasteiger partial charge >= 0.3 is 11.9 Å². The number of hydrogen-bond donors (Lipinski definition) is 0. The van der Waals surface area contributed by atoms with E-state index in [1.165, 1.54) is 29.1 Å². The highest BCUT2D eigenvalue weighted by Crippen LogP contribution is 2.36. The molecule has 6 rings (SSSR count). The van der Waals surface area contributed by atoms with Crippen molar-refractivity contribution in [2.24, 2.45) is 4.99 Å². The molecule has 0 fully saturated rings. The number of hydrogen-bond acceptors (Lipinski definition) is 10. The van der Waals surface area contributed by atoms with Gasteiger partial charge in [-0.15, -0.1) is 0 Å². The summed E-state index contributed by atoms with van der Waals surface area (Å²) in [5.74, 6) is -0.221. The molecule has 0 bridgehead atoms. The molecule has 1 aliphatic heterocycles. The number of fused-ring (bicyclic) bond motifs is 1. The highest BCUT2D eigenvalue weighted by atomic mass is 32.1. The topological polar surface area (TPSA) is 120 Å². The average Bonchev–Trinajstić information content (AvgIpc) is 3.62. The van der Waals surface area contributed by atoms with Gasteiger partial charge in [-0.2, -0.15) is 0 Å². The van der Waals surface area contributed by atoms with Crippen LogP contribution in [0.25, 0.3) is 11.8 Å². The number of allylic oxidation sites excluding steroid dienone is 1. The highest BCUT2D eigenvalue weighted by Gasteiger charge is 2.34. The summed E-state index contributed by atoms with van der Waals surface area (Å²) < 4.78 is 45.6. The molecule has 54 heavy (non-hydrogen) atoms. The van der Waals surface area contributed by atoms with Crippen molar-refractivity contribution in [3.05, 3.63) is 138 Å². The van der Waals surface area contributed by atoms with E-state index in [0.717, 1.165) is 22.6 Å². The van der Waals surface area contributed by atoms with Crippen molar-refractivity contribution >= 4 is 29.4 Å². The van der Waals surface area contributed by atoms with Crippen LogP contribution >= 0.6 is 11.3 Å². The molecule has 5 aromatic rings. The number of carbonyl (C=O) groups is 2. The predicted octanol–water partition coefficient (Wildman–Crippen LogP) is 5.87. The number of aromatic nitrogens is 2. The number of nitrogens with zero attached hydrogens (tertiary/aromatic N) is 3. The molecule has 0 radical (unpaired) electrons. The molecule has 1 aliphatic rings. The predicted molar refractivity (Wildman–Crippen MR) is 201 cm³/mol. The van der Waals surface area contributed by atoms with E-state index >= 15 is 0 Å². The van der Waals surface area contributed by atoms with Gasteiger partial charge in [0.2, 0.25) is 0 Å². The summed E-state index contributed by atoms with van der Waals surface area (Å²) in [4.78, 5) is 44.7. The summed E-state index contributed by atoms with van der Waals surface area (Å²) in [5.41, 5.74) is 4.93. The van der Waals surface area contributed by atoms with E-state index in [1.54, 1.807) is 50.2 Å². The zero-order valence-electron chi connectivity index (χ0n) is 30.8. The first-order valence-electron chi connectivity index (χ1n) is 17.4. The molecule has 1 atom stereocenters. The van der Waals surface area contributed by atoms with E-state index in [9.17, 15) is 18.8 Å². The van der Waals surface area contributed by atoms with E-state index in [-0.39, 0.29) is 36.8 Å². The molecule has 3 heterocycles. The standard InChI is InChI=1S/C41H40FN3O8S/c1-7-50-34-20-27(13-18-33(34)53-23-36(46)49-6)38-37(40(48)51-8-2)25(4)43-41-45(38)39(47)35(54-41)21-29-19-24(3)44(26(29)5)30-14-16-31(17-15-30)52-22-28-11-9-10-12-32(28)42/h9-21,38H,7-8,22-23H2,1-6H3/b35-21+/t38-/m1/s1. The Kier molecular flexibility index (Phi) is 11.5. The first-order valence-corrected chi connectivity index (χ1v) is 18.2. The minimum Gasteiger partial charge on any atom is -0.490 e. The van der Waals surface area contributed by atoms with E-state index in [2.05, 4.69) is 4.57 Å². The number of benzene rings is 3. The molecule has 0 saturated carbocycles. The maximum absolute atomic E-state index is 14.4. The molecule has 11 nitrogen and oxygen atoms in total. The van der Waals surface area contributed by atoms with Crippen molar-refractivity contribution in [1.29, 1.82) is 0 Å². The summed E-state index contributed by atoms with van der Waals surface area (Å²) in [7, 11) is 1.27. The minimum absolute atomic E-state index is 0.112. The fraction of sp³-hybridized carbons (Fsp3) is 0.268. The molecule has 3 aromatic carbocycles. The Hall–Kier alpha value is -5.95. The number of carbonyl (C=O) groups excluding carboxylic acids is 2. The lowest BCUT2D eigenvalue weighted by Crippen LogP contribution is -2.40. The van der Waals surface area contributed by atoms with Gasteiger partial charge in [-0.1, -0.05) is 35.6 Å². The molecule has 280 valence electrons. The number of thiazole rings is 1. The van der Waals surface area contributed by atoms with Crippen molar-refractivity contribution in [3.63, 3.8) is 0 Å². The molecule has 0 aliphatic carbocycles. The van der Waals surface area contributed by atoms with Gasteiger partial charge in [0.05, 0.1) is 42.2 Å². The van der Waals surface area contributed by atoms with Gasteiger partial charge in [0.1, 0.15) is 18.2 Å². The average molecular weight is 754 g/mol. The van der Waals surface area contributed by atoms with Crippen LogP contribution in [0.5, 0.6) is 17.2 Å². The van der Waals surface area contributed by atoms with Crippen molar-refractivity contribution in [1.82, 2.24) is 9.13 Å². The van der Waals surface area contributed by atoms with Crippen LogP contribution in [0.4, 0.5) is 4.39 Å². The molecular weight excluding hydrogens is 714 g/mol. The van der Waals surface area contributed by atoms with Crippen LogP contribution in [0.1, 0.15) is 54.9 Å². The van der Waals surface area contributed by atoms with Gasteiger partial charge in [0.25, 0.3) is 5.56 Å². The Bertz CT molecular complexity index is 2430. The molecule has 0 unspecified atom stereocenters. The SMILES string of the molecule is CCOC(=O)C1=C(C)N=c2s/c(=C/c3cc(C)n(-c4ccc(OCc5ccccc5F)cc4)c3C)c(=O)n2[C@@H]1c1ccc(OCC(=O)OC)c(OCC)c1. The molecule has 13 heteroatoms. The molecule has 2 aromatic heterocycles. The van der Waals surface area contributed by atoms with E-state index < -0.39 is 18.0 Å². The second-order valence-electron chi connectivity index (χ2n) is 12.3. The minimum atomic E-state index is -0.886. The maximum atomic E-state index is 14.4. The second kappa shape index (κ2) is 16.4. The van der Waals surface area contributed by atoms with Crippen molar-refractivity contribution in [2.75, 3.05) is 26.9 Å². The number of esters is 2. The number of methoxy groups -OCH3 is 1. The number of aryl methyl sites for hydroxylation is 1. The molecule has 0 spiro atoms. The Morgan fingerprint density at radius 1 is 0.926 bits per heavy atom. The van der Waals surface area contributed by atoms with Gasteiger partial charge in [-0.05, 0) is 100 Å². The van der Waals surface area contributed by atoms with E-state index in [0.29, 0.717) is 50.0 Å². The van der Waals surface area contributed by atoms with Gasteiger partial charge in [0, 0.05) is 22.6 Å². The Morgan fingerprint density at radius 2 is 1.69 bits per heavy atom.